The van der Waals surface area contributed by atoms with Gasteiger partial charge in [-0.3, -0.25) is 0 Å². The number of rotatable bonds is 3. The van der Waals surface area contributed by atoms with Crippen LogP contribution in [0, 0.1) is 5.92 Å². The largest absolute Gasteiger partial charge is 0.356 e. The lowest BCUT2D eigenvalue weighted by atomic mass is 9.97. The number of alkyl halides is 2. The van der Waals surface area contributed by atoms with Crippen LogP contribution in [-0.2, 0) is 0 Å². The smallest absolute Gasteiger partial charge is 0.243 e. The van der Waals surface area contributed by atoms with Crippen molar-refractivity contribution in [1.29, 1.82) is 0 Å². The van der Waals surface area contributed by atoms with E-state index in [2.05, 4.69) is 31.0 Å². The Morgan fingerprint density at radius 1 is 1.29 bits per heavy atom. The van der Waals surface area contributed by atoms with Crippen LogP contribution in [0.5, 0.6) is 0 Å². The van der Waals surface area contributed by atoms with Crippen LogP contribution in [0.25, 0.3) is 10.8 Å². The summed E-state index contributed by atoms with van der Waals surface area (Å²) in [6.07, 6.45) is 0.196. The number of pyridine rings is 1. The summed E-state index contributed by atoms with van der Waals surface area (Å²) in [5, 5.41) is 2.28. The molecule has 2 heterocycles. The van der Waals surface area contributed by atoms with E-state index in [9.17, 15) is 8.78 Å². The van der Waals surface area contributed by atoms with Gasteiger partial charge in [-0.25, -0.2) is 13.8 Å². The maximum Gasteiger partial charge on any atom is 0.243 e. The lowest BCUT2D eigenvalue weighted by Gasteiger charge is -2.18. The van der Waals surface area contributed by atoms with Crippen molar-refractivity contribution in [3.8, 4) is 0 Å². The summed E-state index contributed by atoms with van der Waals surface area (Å²) in [6, 6.07) is 8.26. The van der Waals surface area contributed by atoms with E-state index in [4.69, 9.17) is 0 Å². The topological polar surface area (TPSA) is 16.1 Å². The minimum absolute atomic E-state index is 0.403. The first-order valence-electron chi connectivity index (χ1n) is 7.48. The van der Waals surface area contributed by atoms with Gasteiger partial charge in [-0.15, -0.1) is 0 Å². The fourth-order valence-electron chi connectivity index (χ4n) is 3.06. The highest BCUT2D eigenvalue weighted by atomic mass is 19.3. The van der Waals surface area contributed by atoms with E-state index in [1.165, 1.54) is 5.56 Å². The van der Waals surface area contributed by atoms with Gasteiger partial charge in [0.05, 0.1) is 0 Å². The van der Waals surface area contributed by atoms with Gasteiger partial charge in [-0.05, 0) is 29.4 Å². The Kier molecular flexibility index (Phi) is 3.79. The standard InChI is InChI=1S/C17H20F2N2/c1-11(2)14-5-3-4-12-8-16(20-9-15(12)14)21-7-6-13(10-21)17(18)19/h3-5,8-9,11,13,17H,6-7,10H2,1-2H3. The lowest BCUT2D eigenvalue weighted by Crippen LogP contribution is -2.22. The van der Waals surface area contributed by atoms with E-state index in [-0.39, 0.29) is 0 Å². The highest BCUT2D eigenvalue weighted by molar-refractivity contribution is 5.87. The minimum atomic E-state index is -2.23. The Bertz CT molecular complexity index is 640. The Morgan fingerprint density at radius 2 is 2.10 bits per heavy atom. The third-order valence-electron chi connectivity index (χ3n) is 4.31. The van der Waals surface area contributed by atoms with Gasteiger partial charge in [-0.1, -0.05) is 32.0 Å². The molecular weight excluding hydrogens is 270 g/mol. The highest BCUT2D eigenvalue weighted by Crippen LogP contribution is 2.30. The van der Waals surface area contributed by atoms with Gasteiger partial charge in [0.25, 0.3) is 0 Å². The molecule has 1 unspecified atom stereocenters. The van der Waals surface area contributed by atoms with Crippen molar-refractivity contribution < 1.29 is 8.78 Å². The molecule has 1 fully saturated rings. The second-order valence-corrected chi connectivity index (χ2v) is 6.09. The van der Waals surface area contributed by atoms with Crippen molar-refractivity contribution in [3.63, 3.8) is 0 Å². The molecule has 1 aromatic heterocycles. The van der Waals surface area contributed by atoms with Crippen LogP contribution in [0.3, 0.4) is 0 Å². The maximum absolute atomic E-state index is 12.8. The fourth-order valence-corrected chi connectivity index (χ4v) is 3.06. The number of halogens is 2. The molecule has 1 aliphatic heterocycles. The number of fused-ring (bicyclic) bond motifs is 1. The third-order valence-corrected chi connectivity index (χ3v) is 4.31. The Labute approximate surface area is 123 Å². The summed E-state index contributed by atoms with van der Waals surface area (Å²) < 4.78 is 25.6. The summed E-state index contributed by atoms with van der Waals surface area (Å²) >= 11 is 0. The molecule has 1 atom stereocenters. The summed E-state index contributed by atoms with van der Waals surface area (Å²) in [7, 11) is 0. The van der Waals surface area contributed by atoms with Crippen LogP contribution in [-0.4, -0.2) is 24.5 Å². The van der Waals surface area contributed by atoms with Crippen LogP contribution < -0.4 is 4.90 Å². The Hall–Kier alpha value is -1.71. The maximum atomic E-state index is 12.8. The molecule has 21 heavy (non-hydrogen) atoms. The Balaban J connectivity index is 1.92. The SMILES string of the molecule is CC(C)c1cccc2cc(N3CCC(C(F)F)C3)ncc12. The third kappa shape index (κ3) is 2.71. The number of benzene rings is 1. The molecule has 0 amide bonds. The van der Waals surface area contributed by atoms with E-state index >= 15 is 0 Å². The molecule has 0 aliphatic carbocycles. The zero-order chi connectivity index (χ0) is 15.0. The van der Waals surface area contributed by atoms with E-state index < -0.39 is 12.3 Å². The van der Waals surface area contributed by atoms with Crippen LogP contribution in [0.4, 0.5) is 14.6 Å². The van der Waals surface area contributed by atoms with Crippen LogP contribution in [0.15, 0.2) is 30.5 Å². The van der Waals surface area contributed by atoms with Gasteiger partial charge in [0, 0.05) is 30.6 Å². The summed E-state index contributed by atoms with van der Waals surface area (Å²) in [6.45, 7) is 5.39. The first kappa shape index (κ1) is 14.2. The molecule has 0 N–H and O–H groups in total. The molecule has 112 valence electrons. The molecule has 2 nitrogen and oxygen atoms in total. The molecule has 1 aromatic carbocycles. The number of aromatic nitrogens is 1. The normalized spacial score (nSPS) is 19.1. The average molecular weight is 290 g/mol. The molecule has 0 saturated carbocycles. The second kappa shape index (κ2) is 5.58. The van der Waals surface area contributed by atoms with Crippen molar-refractivity contribution in [1.82, 2.24) is 4.98 Å². The molecule has 0 bridgehead atoms. The van der Waals surface area contributed by atoms with Crippen LogP contribution in [0.2, 0.25) is 0 Å². The number of nitrogens with zero attached hydrogens (tertiary/aromatic N) is 2. The average Bonchev–Trinajstić information content (AvgIpc) is 2.96. The zero-order valence-corrected chi connectivity index (χ0v) is 12.4. The molecule has 3 rings (SSSR count). The molecular formula is C17H20F2N2. The molecule has 1 saturated heterocycles. The van der Waals surface area contributed by atoms with Gasteiger partial charge in [0.2, 0.25) is 6.43 Å². The van der Waals surface area contributed by atoms with Crippen molar-refractivity contribution in [3.05, 3.63) is 36.0 Å². The van der Waals surface area contributed by atoms with Crippen molar-refractivity contribution in [2.24, 2.45) is 5.92 Å². The van der Waals surface area contributed by atoms with E-state index in [1.54, 1.807) is 0 Å². The van der Waals surface area contributed by atoms with E-state index in [0.29, 0.717) is 25.4 Å². The Morgan fingerprint density at radius 3 is 2.76 bits per heavy atom. The van der Waals surface area contributed by atoms with Crippen molar-refractivity contribution in [2.75, 3.05) is 18.0 Å². The monoisotopic (exact) mass is 290 g/mol. The summed E-state index contributed by atoms with van der Waals surface area (Å²) in [5.41, 5.74) is 1.28. The van der Waals surface area contributed by atoms with Crippen molar-refractivity contribution in [2.45, 2.75) is 32.6 Å². The number of hydrogen-bond acceptors (Lipinski definition) is 2. The van der Waals surface area contributed by atoms with Gasteiger partial charge < -0.3 is 4.90 Å². The fraction of sp³-hybridized carbons (Fsp3) is 0.471. The first-order valence-corrected chi connectivity index (χ1v) is 7.48. The predicted octanol–water partition coefficient (Wildman–Crippen LogP) is 4.45. The molecule has 0 radical (unpaired) electrons. The molecule has 1 aliphatic rings. The second-order valence-electron chi connectivity index (χ2n) is 6.09. The van der Waals surface area contributed by atoms with Gasteiger partial charge in [-0.2, -0.15) is 0 Å². The first-order chi connectivity index (χ1) is 10.1. The van der Waals surface area contributed by atoms with Gasteiger partial charge in [0.1, 0.15) is 5.82 Å². The number of hydrogen-bond donors (Lipinski definition) is 0. The van der Waals surface area contributed by atoms with Crippen LogP contribution >= 0.6 is 0 Å². The molecule has 0 spiro atoms. The predicted molar refractivity (Wildman–Crippen MR) is 82.2 cm³/mol. The molecule has 4 heteroatoms. The molecule has 2 aromatic rings. The van der Waals surface area contributed by atoms with Crippen LogP contribution in [0.1, 0.15) is 31.7 Å². The van der Waals surface area contributed by atoms with Crippen molar-refractivity contribution >= 4 is 16.6 Å². The van der Waals surface area contributed by atoms with Gasteiger partial charge in [0.15, 0.2) is 0 Å². The van der Waals surface area contributed by atoms with E-state index in [1.807, 2.05) is 23.2 Å². The quantitative estimate of drug-likeness (QED) is 0.830. The van der Waals surface area contributed by atoms with E-state index in [0.717, 1.165) is 16.6 Å². The van der Waals surface area contributed by atoms with Gasteiger partial charge >= 0.3 is 0 Å². The summed E-state index contributed by atoms with van der Waals surface area (Å²) in [5.74, 6) is 0.729. The number of anilines is 1. The zero-order valence-electron chi connectivity index (χ0n) is 12.4. The minimum Gasteiger partial charge on any atom is -0.356 e. The summed E-state index contributed by atoms with van der Waals surface area (Å²) in [4.78, 5) is 6.48. The lowest BCUT2D eigenvalue weighted by molar-refractivity contribution is 0.0880. The highest BCUT2D eigenvalue weighted by Gasteiger charge is 2.30.